The van der Waals surface area contributed by atoms with Crippen LogP contribution in [0.1, 0.15) is 49.9 Å². The van der Waals surface area contributed by atoms with Crippen LogP contribution < -0.4 is 5.32 Å². The van der Waals surface area contributed by atoms with Crippen LogP contribution in [-0.4, -0.2) is 11.4 Å². The topological polar surface area (TPSA) is 29.1 Å². The van der Waals surface area contributed by atoms with Crippen LogP contribution in [0.5, 0.6) is 0 Å². The van der Waals surface area contributed by atoms with E-state index in [1.807, 2.05) is 13.8 Å². The third-order valence-corrected chi connectivity index (χ3v) is 1.01. The maximum Gasteiger partial charge on any atom is 0.217 e. The van der Waals surface area contributed by atoms with E-state index in [9.17, 15) is 4.79 Å². The van der Waals surface area contributed by atoms with Crippen molar-refractivity contribution in [2.75, 3.05) is 0 Å². The Morgan fingerprint density at radius 3 is 1.57 bits per heavy atom. The second-order valence-electron chi connectivity index (χ2n) is 5.61. The molecule has 2 heteroatoms. The summed E-state index contributed by atoms with van der Waals surface area (Å²) in [5, 5.41) is 2.71. The minimum atomic E-state index is -0.272. The molecule has 0 aromatic carbocycles. The lowest BCUT2D eigenvalue weighted by atomic mass is 10.0. The fourth-order valence-corrected chi connectivity index (χ4v) is 0.505. The van der Waals surface area contributed by atoms with Gasteiger partial charge in [0, 0.05) is 8.35 Å². The summed E-state index contributed by atoms with van der Waals surface area (Å²) in [5.41, 5.74) is 0.228. The molecule has 0 atom stereocenters. The molecule has 1 amide bonds. The second kappa shape index (κ2) is 5.84. The van der Waals surface area contributed by atoms with Crippen molar-refractivity contribution in [1.82, 2.24) is 5.32 Å². The Kier molecular flexibility index (Phi) is 6.54. The van der Waals surface area contributed by atoms with Gasteiger partial charge in [-0.25, -0.2) is 0 Å². The van der Waals surface area contributed by atoms with E-state index < -0.39 is 0 Å². The number of rotatable bonds is 2. The monoisotopic (exact) mass is 201 g/mol. The maximum atomic E-state index is 10.5. The van der Waals surface area contributed by atoms with E-state index in [1.165, 1.54) is 6.92 Å². The molecule has 0 rings (SSSR count). The van der Waals surface area contributed by atoms with E-state index in [4.69, 9.17) is 0 Å². The normalized spacial score (nSPS) is 11.1. The Morgan fingerprint density at radius 2 is 1.50 bits per heavy atom. The number of nitrogens with one attached hydrogen (secondary N) is 1. The van der Waals surface area contributed by atoms with E-state index in [0.29, 0.717) is 5.41 Å². The third kappa shape index (κ3) is 22.5. The molecule has 2 nitrogen and oxygen atoms in total. The summed E-state index contributed by atoms with van der Waals surface area (Å²) in [6, 6.07) is 0. The average molecular weight is 201 g/mol. The zero-order chi connectivity index (χ0) is 12.0. The van der Waals surface area contributed by atoms with Crippen LogP contribution in [0.25, 0.3) is 0 Å². The molecule has 0 bridgehead atoms. The molecule has 0 aromatic heterocycles. The summed E-state index contributed by atoms with van der Waals surface area (Å²) in [4.78, 5) is 10.5. The first-order chi connectivity index (χ1) is 5.98. The third-order valence-electron chi connectivity index (χ3n) is 1.01. The van der Waals surface area contributed by atoms with Gasteiger partial charge in [-0.1, -0.05) is 33.8 Å². The quantitative estimate of drug-likeness (QED) is 0.682. The van der Waals surface area contributed by atoms with Crippen molar-refractivity contribution in [2.24, 2.45) is 5.41 Å². The highest BCUT2D eigenvalue weighted by Crippen LogP contribution is 2.08. The van der Waals surface area contributed by atoms with Gasteiger partial charge in [0.05, 0.1) is 5.54 Å². The van der Waals surface area contributed by atoms with E-state index in [0.717, 1.165) is 0 Å². The van der Waals surface area contributed by atoms with Crippen LogP contribution in [0.2, 0.25) is 0 Å². The summed E-state index contributed by atoms with van der Waals surface area (Å²) in [5.74, 6) is -0.0279. The van der Waals surface area contributed by atoms with Gasteiger partial charge in [0.15, 0.2) is 0 Å². The molecule has 0 saturated heterocycles. The molecule has 14 heavy (non-hydrogen) atoms. The Labute approximate surface area is 90.3 Å². The first-order valence-corrected chi connectivity index (χ1v) is 4.90. The van der Waals surface area contributed by atoms with Crippen molar-refractivity contribution in [3.05, 3.63) is 12.7 Å². The number of carbonyl (C=O) groups is 1. The predicted octanol–water partition coefficient (Wildman–Crippen LogP) is 3.39. The average Bonchev–Trinajstić information content (AvgIpc) is 1.80. The Morgan fingerprint density at radius 1 is 1.21 bits per heavy atom. The van der Waals surface area contributed by atoms with Crippen LogP contribution in [0.4, 0.5) is 0 Å². The van der Waals surface area contributed by atoms with E-state index >= 15 is 0 Å². The van der Waals surface area contributed by atoms with Crippen molar-refractivity contribution in [3.63, 3.8) is 0 Å². The van der Waals surface area contributed by atoms with Crippen molar-refractivity contribution >= 4 is 5.91 Å². The maximum absolute atomic E-state index is 10.5. The van der Waals surface area contributed by atoms with Gasteiger partial charge < -0.3 is 5.32 Å². The largest absolute Gasteiger partial charge is 0.348 e. The van der Waals surface area contributed by atoms with Gasteiger partial charge in [-0.05, 0) is 19.3 Å². The van der Waals surface area contributed by atoms with Crippen molar-refractivity contribution < 1.29 is 6.22 Å². The van der Waals surface area contributed by atoms with Crippen LogP contribution in [-0.2, 0) is 4.79 Å². The molecule has 0 spiro atoms. The molecule has 0 aliphatic heterocycles. The Balaban J connectivity index is -0.000000208. The van der Waals surface area contributed by atoms with Gasteiger partial charge in [-0.15, -0.1) is 6.58 Å². The van der Waals surface area contributed by atoms with Crippen LogP contribution >= 0.6 is 0 Å². The lowest BCUT2D eigenvalue weighted by Gasteiger charge is -2.19. The number of carbonyl (C=O) groups excluding carboxylic acids is 1. The van der Waals surface area contributed by atoms with Gasteiger partial charge in [-0.2, -0.15) is 0 Å². The van der Waals surface area contributed by atoms with Crippen molar-refractivity contribution in [1.29, 1.82) is 0 Å². The zero-order valence-corrected chi connectivity index (χ0v) is 10.7. The van der Waals surface area contributed by atoms with Gasteiger partial charge in [0.25, 0.3) is 0 Å². The molecule has 1 N–H and O–H groups in total. The Bertz CT molecular complexity index is 186. The summed E-state index contributed by atoms with van der Waals surface area (Å²) >= 11 is 0. The van der Waals surface area contributed by atoms with E-state index in [1.54, 1.807) is 6.08 Å². The van der Waals surface area contributed by atoms with Gasteiger partial charge in [0.1, 0.15) is 0 Å². The fourth-order valence-electron chi connectivity index (χ4n) is 0.505. The van der Waals surface area contributed by atoms with Crippen LogP contribution in [0.15, 0.2) is 12.7 Å². The second-order valence-corrected chi connectivity index (χ2v) is 5.61. The summed E-state index contributed by atoms with van der Waals surface area (Å²) < 4.78 is 0. The number of hydrogen-bond donors (Lipinski definition) is 1. The highest BCUT2D eigenvalue weighted by atomic mass is 16.1. The van der Waals surface area contributed by atoms with Crippen LogP contribution in [0, 0.1) is 5.41 Å². The van der Waals surface area contributed by atoms with E-state index in [-0.39, 0.29) is 12.9 Å². The smallest absolute Gasteiger partial charge is 0.217 e. The predicted molar refractivity (Wildman–Crippen MR) is 65.3 cm³/mol. The van der Waals surface area contributed by atoms with Crippen molar-refractivity contribution in [3.8, 4) is 0 Å². The number of amides is 1. The highest BCUT2D eigenvalue weighted by molar-refractivity contribution is 5.74. The first-order valence-electron chi connectivity index (χ1n) is 4.90. The number of hydrogen-bond acceptors (Lipinski definition) is 1. The van der Waals surface area contributed by atoms with Gasteiger partial charge in [0.2, 0.25) is 5.91 Å². The first kappa shape index (κ1) is 15.7. The van der Waals surface area contributed by atoms with Gasteiger partial charge >= 0.3 is 0 Å². The highest BCUT2D eigenvalue weighted by Gasteiger charge is 2.11. The van der Waals surface area contributed by atoms with Crippen molar-refractivity contribution in [2.45, 2.75) is 54.0 Å². The lowest BCUT2D eigenvalue weighted by Crippen LogP contribution is -2.40. The summed E-state index contributed by atoms with van der Waals surface area (Å²) in [6.45, 7) is 17.6. The summed E-state index contributed by atoms with van der Waals surface area (Å²) in [6.07, 6.45) is 1.70. The fraction of sp³-hybridized carbons (Fsp3) is 0.750. The molecule has 0 radical (unpaired) electrons. The molecule has 0 aromatic rings. The SMILES string of the molecule is C=CC(C)(C)NC(C)=O.CC(C)(C)C.[HH]. The zero-order valence-electron chi connectivity index (χ0n) is 10.7. The summed E-state index contributed by atoms with van der Waals surface area (Å²) in [7, 11) is 0. The molecular formula is C12H27NO. The standard InChI is InChI=1S/C7H13NO.C5H12.H2/c1-5-7(3,4)8-6(2)9;1-5(2,3)4;/h5H,1H2,2-4H3,(H,8,9);1-4H3;1H. The molecule has 0 aliphatic rings. The van der Waals surface area contributed by atoms with Gasteiger partial charge in [-0.3, -0.25) is 4.79 Å². The molecule has 0 aliphatic carbocycles. The van der Waals surface area contributed by atoms with Crippen LogP contribution in [0.3, 0.4) is 0 Å². The minimum absolute atomic E-state index is 0. The molecule has 0 fully saturated rings. The lowest BCUT2D eigenvalue weighted by molar-refractivity contribution is -0.120. The minimum Gasteiger partial charge on any atom is -0.348 e. The molecule has 0 saturated carbocycles. The molecule has 0 unspecified atom stereocenters. The molecule has 0 heterocycles. The van der Waals surface area contributed by atoms with E-state index in [2.05, 4.69) is 39.6 Å². The molecular weight excluding hydrogens is 174 g/mol. The Hall–Kier alpha value is -0.790. The molecule has 86 valence electrons.